The summed E-state index contributed by atoms with van der Waals surface area (Å²) in [6.45, 7) is 10.2. The molecule has 2 aliphatic heterocycles. The van der Waals surface area contributed by atoms with E-state index in [0.29, 0.717) is 11.8 Å². The molecule has 2 fully saturated rings. The van der Waals surface area contributed by atoms with E-state index in [1.54, 1.807) is 12.1 Å². The molecule has 3 aromatic carbocycles. The van der Waals surface area contributed by atoms with Crippen molar-refractivity contribution in [3.63, 3.8) is 0 Å². The number of rotatable bonds is 5. The monoisotopic (exact) mass is 497 g/mol. The lowest BCUT2D eigenvalue weighted by Gasteiger charge is -2.50. The number of aryl methyl sites for hydroxylation is 2. The second kappa shape index (κ2) is 10.6. The number of aromatic hydroxyl groups is 1. The highest BCUT2D eigenvalue weighted by Gasteiger charge is 2.39. The van der Waals surface area contributed by atoms with E-state index < -0.39 is 0 Å². The van der Waals surface area contributed by atoms with Crippen molar-refractivity contribution in [3.05, 3.63) is 89.5 Å². The van der Waals surface area contributed by atoms with E-state index in [-0.39, 0.29) is 11.4 Å². The Labute approximate surface area is 221 Å². The molecule has 0 unspecified atom stereocenters. The molecule has 1 amide bonds. The molecule has 194 valence electrons. The van der Waals surface area contributed by atoms with E-state index in [1.165, 1.54) is 5.69 Å². The van der Waals surface area contributed by atoms with Gasteiger partial charge in [-0.15, -0.1) is 0 Å². The first-order valence-electron chi connectivity index (χ1n) is 13.6. The average molecular weight is 498 g/mol. The predicted molar refractivity (Wildman–Crippen MR) is 151 cm³/mol. The molecule has 5 rings (SSSR count). The summed E-state index contributed by atoms with van der Waals surface area (Å²) in [7, 11) is 0. The van der Waals surface area contributed by atoms with Crippen molar-refractivity contribution in [1.82, 2.24) is 9.80 Å². The Hall–Kier alpha value is -3.31. The maximum Gasteiger partial charge on any atom is 0.254 e. The number of hydrogen-bond acceptors (Lipinski definition) is 4. The summed E-state index contributed by atoms with van der Waals surface area (Å²) in [6.07, 6.45) is 4.18. The molecule has 0 saturated carbocycles. The maximum absolute atomic E-state index is 13.3. The largest absolute Gasteiger partial charge is 0.508 e. The molecule has 3 aromatic rings. The van der Waals surface area contributed by atoms with Crippen LogP contribution in [0, 0.1) is 13.8 Å². The summed E-state index contributed by atoms with van der Waals surface area (Å²) in [5.74, 6) is 0.477. The number of anilines is 2. The lowest BCUT2D eigenvalue weighted by Crippen LogP contribution is -2.57. The first kappa shape index (κ1) is 25.3. The first-order valence-corrected chi connectivity index (χ1v) is 13.6. The topological polar surface area (TPSA) is 47.0 Å². The normalized spacial score (nSPS) is 18.5. The van der Waals surface area contributed by atoms with Crippen LogP contribution >= 0.6 is 0 Å². The van der Waals surface area contributed by atoms with Crippen molar-refractivity contribution in [2.24, 2.45) is 0 Å². The summed E-state index contributed by atoms with van der Waals surface area (Å²) in [6, 6.07) is 24.6. The number of phenols is 1. The first-order chi connectivity index (χ1) is 17.9. The second-order valence-corrected chi connectivity index (χ2v) is 11.0. The van der Waals surface area contributed by atoms with Gasteiger partial charge in [-0.05, 0) is 94.0 Å². The lowest BCUT2D eigenvalue weighted by molar-refractivity contribution is 0.0176. The number of para-hydroxylation sites is 1. The number of amides is 1. The van der Waals surface area contributed by atoms with Crippen LogP contribution in [-0.2, 0) is 0 Å². The van der Waals surface area contributed by atoms with Crippen LogP contribution in [0.4, 0.5) is 11.4 Å². The van der Waals surface area contributed by atoms with Gasteiger partial charge in [-0.3, -0.25) is 9.69 Å². The van der Waals surface area contributed by atoms with Gasteiger partial charge < -0.3 is 14.9 Å². The van der Waals surface area contributed by atoms with Crippen molar-refractivity contribution in [2.45, 2.75) is 58.0 Å². The van der Waals surface area contributed by atoms with Gasteiger partial charge in [0.2, 0.25) is 0 Å². The molecule has 0 aromatic heterocycles. The highest BCUT2D eigenvalue weighted by atomic mass is 16.3. The summed E-state index contributed by atoms with van der Waals surface area (Å²) in [5.41, 5.74) is 5.44. The molecule has 0 atom stereocenters. The van der Waals surface area contributed by atoms with E-state index in [2.05, 4.69) is 52.0 Å². The number of carbonyl (C=O) groups is 1. The molecular weight excluding hydrogens is 458 g/mol. The number of benzene rings is 3. The second-order valence-electron chi connectivity index (χ2n) is 11.0. The van der Waals surface area contributed by atoms with Gasteiger partial charge in [0.05, 0.1) is 0 Å². The molecule has 2 saturated heterocycles. The van der Waals surface area contributed by atoms with Crippen molar-refractivity contribution in [1.29, 1.82) is 0 Å². The number of nitrogens with zero attached hydrogens (tertiary/aromatic N) is 3. The fourth-order valence-corrected chi connectivity index (χ4v) is 6.25. The van der Waals surface area contributed by atoms with Gasteiger partial charge in [0.15, 0.2) is 0 Å². The standard InChI is InChI=1S/C32H39N3O2/c1-24-8-7-9-25(2)30(24)31(37)33-22-18-32(3,19-23-33)34-20-16-28(17-21-34)35(26-10-5-4-6-11-26)27-12-14-29(36)15-13-27/h4-15,28,36H,16-23H2,1-3H3. The van der Waals surface area contributed by atoms with E-state index >= 15 is 0 Å². The van der Waals surface area contributed by atoms with Crippen LogP contribution in [0.15, 0.2) is 72.8 Å². The third-order valence-corrected chi connectivity index (χ3v) is 8.58. The van der Waals surface area contributed by atoms with Crippen LogP contribution < -0.4 is 4.90 Å². The SMILES string of the molecule is Cc1cccc(C)c1C(=O)N1CCC(C)(N2CCC(N(c3ccccc3)c3ccc(O)cc3)CC2)CC1. The van der Waals surface area contributed by atoms with E-state index in [9.17, 15) is 9.90 Å². The summed E-state index contributed by atoms with van der Waals surface area (Å²) in [4.78, 5) is 20.5. The number of piperidine rings is 2. The van der Waals surface area contributed by atoms with Gasteiger partial charge in [-0.25, -0.2) is 0 Å². The highest BCUT2D eigenvalue weighted by molar-refractivity contribution is 5.97. The third kappa shape index (κ3) is 5.24. The van der Waals surface area contributed by atoms with E-state index in [0.717, 1.165) is 74.2 Å². The predicted octanol–water partition coefficient (Wildman–Crippen LogP) is 6.31. The Balaban J connectivity index is 1.24. The molecule has 2 aliphatic rings. The van der Waals surface area contributed by atoms with Crippen molar-refractivity contribution < 1.29 is 9.90 Å². The van der Waals surface area contributed by atoms with E-state index in [4.69, 9.17) is 0 Å². The van der Waals surface area contributed by atoms with Gasteiger partial charge in [0.25, 0.3) is 5.91 Å². The van der Waals surface area contributed by atoms with Gasteiger partial charge in [-0.2, -0.15) is 0 Å². The van der Waals surface area contributed by atoms with Crippen LogP contribution in [0.25, 0.3) is 0 Å². The number of phenolic OH excluding ortho intramolecular Hbond substituents is 1. The number of likely N-dealkylation sites (tertiary alicyclic amines) is 2. The zero-order chi connectivity index (χ0) is 26.0. The Morgan fingerprint density at radius 3 is 1.97 bits per heavy atom. The fourth-order valence-electron chi connectivity index (χ4n) is 6.25. The van der Waals surface area contributed by atoms with Crippen LogP contribution in [0.1, 0.15) is 54.1 Å². The van der Waals surface area contributed by atoms with Crippen molar-refractivity contribution in [2.75, 3.05) is 31.1 Å². The van der Waals surface area contributed by atoms with Gasteiger partial charge in [0, 0.05) is 54.7 Å². The molecule has 2 heterocycles. The summed E-state index contributed by atoms with van der Waals surface area (Å²) < 4.78 is 0. The zero-order valence-electron chi connectivity index (χ0n) is 22.4. The summed E-state index contributed by atoms with van der Waals surface area (Å²) in [5, 5.41) is 9.82. The minimum atomic E-state index is 0.124. The number of carbonyl (C=O) groups excluding carboxylic acids is 1. The van der Waals surface area contributed by atoms with Gasteiger partial charge in [0.1, 0.15) is 5.75 Å². The molecule has 5 heteroatoms. The Morgan fingerprint density at radius 1 is 0.811 bits per heavy atom. The highest BCUT2D eigenvalue weighted by Crippen LogP contribution is 2.37. The van der Waals surface area contributed by atoms with Crippen LogP contribution in [0.5, 0.6) is 5.75 Å². The average Bonchev–Trinajstić information content (AvgIpc) is 2.91. The van der Waals surface area contributed by atoms with Crippen LogP contribution in [-0.4, -0.2) is 58.6 Å². The van der Waals surface area contributed by atoms with Crippen molar-refractivity contribution in [3.8, 4) is 5.75 Å². The maximum atomic E-state index is 13.3. The Morgan fingerprint density at radius 2 is 1.38 bits per heavy atom. The Bertz CT molecular complexity index is 1190. The quantitative estimate of drug-likeness (QED) is 0.449. The molecule has 37 heavy (non-hydrogen) atoms. The summed E-state index contributed by atoms with van der Waals surface area (Å²) >= 11 is 0. The van der Waals surface area contributed by atoms with Gasteiger partial charge >= 0.3 is 0 Å². The van der Waals surface area contributed by atoms with Crippen molar-refractivity contribution >= 4 is 17.3 Å². The van der Waals surface area contributed by atoms with Crippen LogP contribution in [0.3, 0.4) is 0 Å². The molecule has 5 nitrogen and oxygen atoms in total. The minimum Gasteiger partial charge on any atom is -0.508 e. The van der Waals surface area contributed by atoms with E-state index in [1.807, 2.05) is 44.2 Å². The fraction of sp³-hybridized carbons (Fsp3) is 0.406. The smallest absolute Gasteiger partial charge is 0.254 e. The Kier molecular flexibility index (Phi) is 7.25. The number of hydrogen-bond donors (Lipinski definition) is 1. The molecule has 1 N–H and O–H groups in total. The minimum absolute atomic E-state index is 0.124. The zero-order valence-corrected chi connectivity index (χ0v) is 22.4. The molecule has 0 spiro atoms. The third-order valence-electron chi connectivity index (χ3n) is 8.58. The van der Waals surface area contributed by atoms with Gasteiger partial charge in [-0.1, -0.05) is 36.4 Å². The molecular formula is C32H39N3O2. The lowest BCUT2D eigenvalue weighted by atomic mass is 9.85. The molecule has 0 aliphatic carbocycles. The van der Waals surface area contributed by atoms with Crippen LogP contribution in [0.2, 0.25) is 0 Å². The molecule has 0 bridgehead atoms. The molecule has 0 radical (unpaired) electrons.